The summed E-state index contributed by atoms with van der Waals surface area (Å²) >= 11 is 6.19. The van der Waals surface area contributed by atoms with Crippen LogP contribution in [-0.4, -0.2) is 54.4 Å². The number of benzene rings is 2. The first-order valence-corrected chi connectivity index (χ1v) is 10.6. The van der Waals surface area contributed by atoms with Gasteiger partial charge in [-0.3, -0.25) is 0 Å². The van der Waals surface area contributed by atoms with Crippen LogP contribution in [0, 0.1) is 0 Å². The maximum Gasteiger partial charge on any atom is 0.119 e. The molecule has 6 heteroatoms. The Hall–Kier alpha value is -2.08. The van der Waals surface area contributed by atoms with Gasteiger partial charge in [-0.1, -0.05) is 25.4 Å². The molecule has 0 aliphatic heterocycles. The van der Waals surface area contributed by atoms with E-state index < -0.39 is 6.10 Å². The van der Waals surface area contributed by atoms with E-state index in [-0.39, 0.29) is 0 Å². The van der Waals surface area contributed by atoms with Gasteiger partial charge in [0.1, 0.15) is 5.75 Å². The van der Waals surface area contributed by atoms with Gasteiger partial charge < -0.3 is 20.1 Å². The van der Waals surface area contributed by atoms with Crippen molar-refractivity contribution in [2.24, 2.45) is 0 Å². The van der Waals surface area contributed by atoms with Crippen molar-refractivity contribution < 1.29 is 9.84 Å². The van der Waals surface area contributed by atoms with Crippen molar-refractivity contribution in [3.63, 3.8) is 0 Å². The molecule has 2 N–H and O–H groups in total. The minimum Gasteiger partial charge on any atom is -0.497 e. The number of anilines is 1. The first kappa shape index (κ1) is 21.6. The Morgan fingerprint density at radius 3 is 2.52 bits per heavy atom. The van der Waals surface area contributed by atoms with Crippen molar-refractivity contribution >= 4 is 39.1 Å². The number of hydrogen-bond acceptors (Lipinski definition) is 5. The molecule has 0 saturated heterocycles. The second kappa shape index (κ2) is 10.1. The van der Waals surface area contributed by atoms with Crippen molar-refractivity contribution in [3.05, 3.63) is 41.4 Å². The summed E-state index contributed by atoms with van der Waals surface area (Å²) in [5.74, 6) is 0.772. The average Bonchev–Trinajstić information content (AvgIpc) is 2.71. The number of aliphatic hydroxyl groups excluding tert-OH is 1. The number of rotatable bonds is 10. The summed E-state index contributed by atoms with van der Waals surface area (Å²) in [5.41, 5.74) is 2.62. The van der Waals surface area contributed by atoms with Gasteiger partial charge in [0.2, 0.25) is 0 Å². The van der Waals surface area contributed by atoms with Gasteiger partial charge in [-0.2, -0.15) is 0 Å². The first-order chi connectivity index (χ1) is 14.0. The van der Waals surface area contributed by atoms with Crippen molar-refractivity contribution in [2.45, 2.75) is 32.8 Å². The largest absolute Gasteiger partial charge is 0.497 e. The van der Waals surface area contributed by atoms with E-state index in [1.807, 2.05) is 36.4 Å². The Labute approximate surface area is 177 Å². The minimum atomic E-state index is -0.468. The Bertz CT molecular complexity index is 958. The predicted octanol–water partition coefficient (Wildman–Crippen LogP) is 4.94. The molecule has 0 amide bonds. The zero-order valence-corrected chi connectivity index (χ0v) is 18.2. The number of methoxy groups -OCH3 is 1. The maximum absolute atomic E-state index is 10.7. The van der Waals surface area contributed by atoms with Crippen LogP contribution in [0.15, 0.2) is 36.4 Å². The van der Waals surface area contributed by atoms with E-state index in [4.69, 9.17) is 21.3 Å². The predicted molar refractivity (Wildman–Crippen MR) is 122 cm³/mol. The fraction of sp³-hybridized carbons (Fsp3) is 0.435. The number of pyridine rings is 1. The molecule has 0 bridgehead atoms. The van der Waals surface area contributed by atoms with E-state index in [1.165, 1.54) is 0 Å². The van der Waals surface area contributed by atoms with Crippen LogP contribution in [0.3, 0.4) is 0 Å². The summed E-state index contributed by atoms with van der Waals surface area (Å²) in [4.78, 5) is 7.07. The van der Waals surface area contributed by atoms with Crippen LogP contribution >= 0.6 is 11.6 Å². The molecule has 1 aromatic heterocycles. The highest BCUT2D eigenvalue weighted by Crippen LogP contribution is 2.34. The Morgan fingerprint density at radius 1 is 1.07 bits per heavy atom. The third-order valence-electron chi connectivity index (χ3n) is 5.01. The average molecular weight is 416 g/mol. The molecule has 2 aromatic carbocycles. The number of hydrogen-bond donors (Lipinski definition) is 2. The van der Waals surface area contributed by atoms with Crippen LogP contribution in [-0.2, 0) is 0 Å². The monoisotopic (exact) mass is 415 g/mol. The molecule has 1 atom stereocenters. The maximum atomic E-state index is 10.7. The van der Waals surface area contributed by atoms with E-state index in [0.29, 0.717) is 18.1 Å². The highest BCUT2D eigenvalue weighted by molar-refractivity contribution is 6.31. The smallest absolute Gasteiger partial charge is 0.119 e. The molecular weight excluding hydrogens is 386 g/mol. The number of halogens is 1. The van der Waals surface area contributed by atoms with Crippen LogP contribution in [0.1, 0.15) is 26.7 Å². The van der Waals surface area contributed by atoms with Crippen LogP contribution in [0.5, 0.6) is 5.75 Å². The van der Waals surface area contributed by atoms with E-state index in [2.05, 4.69) is 24.1 Å². The van der Waals surface area contributed by atoms with Crippen molar-refractivity contribution in [1.82, 2.24) is 9.88 Å². The second-order valence-corrected chi connectivity index (χ2v) is 7.80. The topological polar surface area (TPSA) is 57.6 Å². The second-order valence-electron chi connectivity index (χ2n) is 7.37. The molecule has 0 aliphatic rings. The lowest BCUT2D eigenvalue weighted by Crippen LogP contribution is -2.37. The molecule has 29 heavy (non-hydrogen) atoms. The lowest BCUT2D eigenvalue weighted by Gasteiger charge is -2.25. The van der Waals surface area contributed by atoms with Gasteiger partial charge in [0.15, 0.2) is 0 Å². The number of fused-ring (bicyclic) bond motifs is 2. The lowest BCUT2D eigenvalue weighted by atomic mass is 10.1. The molecule has 0 saturated carbocycles. The van der Waals surface area contributed by atoms with E-state index in [9.17, 15) is 5.11 Å². The van der Waals surface area contributed by atoms with Crippen LogP contribution < -0.4 is 10.1 Å². The molecule has 0 aliphatic carbocycles. The first-order valence-electron chi connectivity index (χ1n) is 10.3. The quantitative estimate of drug-likeness (QED) is 0.459. The van der Waals surface area contributed by atoms with Crippen LogP contribution in [0.4, 0.5) is 5.69 Å². The number of nitrogens with one attached hydrogen (secondary N) is 1. The number of aromatic nitrogens is 1. The molecule has 1 unspecified atom stereocenters. The standard InChI is InChI=1S/C23H30ClN3O2/c1-4-10-27(11-5-2)15-17(28)14-25-23-19-8-6-16(24)12-22(19)26-21-9-7-18(29-3)13-20(21)23/h6-9,12-13,17,28H,4-5,10-11,14-15H2,1-3H3,(H,25,26). The van der Waals surface area contributed by atoms with Gasteiger partial charge >= 0.3 is 0 Å². The molecule has 0 radical (unpaired) electrons. The van der Waals surface area contributed by atoms with Gasteiger partial charge in [-0.25, -0.2) is 4.98 Å². The fourth-order valence-corrected chi connectivity index (χ4v) is 3.89. The van der Waals surface area contributed by atoms with Crippen molar-refractivity contribution in [3.8, 4) is 5.75 Å². The molecule has 1 heterocycles. The molecule has 3 rings (SSSR count). The molecule has 156 valence electrons. The zero-order valence-electron chi connectivity index (χ0n) is 17.4. The summed E-state index contributed by atoms with van der Waals surface area (Å²) in [6.07, 6.45) is 1.70. The number of nitrogens with zero attached hydrogens (tertiary/aromatic N) is 2. The molecular formula is C23H30ClN3O2. The third-order valence-corrected chi connectivity index (χ3v) is 5.24. The van der Waals surface area contributed by atoms with E-state index in [1.54, 1.807) is 7.11 Å². The normalized spacial score (nSPS) is 12.6. The Kier molecular flexibility index (Phi) is 7.53. The van der Waals surface area contributed by atoms with Crippen LogP contribution in [0.2, 0.25) is 5.02 Å². The van der Waals surface area contributed by atoms with Crippen LogP contribution in [0.25, 0.3) is 21.8 Å². The zero-order chi connectivity index (χ0) is 20.8. The molecule has 0 spiro atoms. The van der Waals surface area contributed by atoms with Gasteiger partial charge in [-0.05, 0) is 62.3 Å². The van der Waals surface area contributed by atoms with Crippen molar-refractivity contribution in [1.29, 1.82) is 0 Å². The Balaban J connectivity index is 1.91. The SMILES string of the molecule is CCCN(CCC)CC(O)CNc1c2ccc(Cl)cc2nc2ccc(OC)cc12. The number of ether oxygens (including phenoxy) is 1. The summed E-state index contributed by atoms with van der Waals surface area (Å²) < 4.78 is 5.41. The fourth-order valence-electron chi connectivity index (χ4n) is 3.72. The van der Waals surface area contributed by atoms with E-state index >= 15 is 0 Å². The third kappa shape index (κ3) is 5.30. The highest BCUT2D eigenvalue weighted by atomic mass is 35.5. The highest BCUT2D eigenvalue weighted by Gasteiger charge is 2.14. The van der Waals surface area contributed by atoms with Crippen molar-refractivity contribution in [2.75, 3.05) is 38.6 Å². The van der Waals surface area contributed by atoms with Gasteiger partial charge in [0.05, 0.1) is 29.9 Å². The minimum absolute atomic E-state index is 0.456. The Morgan fingerprint density at radius 2 is 1.83 bits per heavy atom. The van der Waals surface area contributed by atoms with Gasteiger partial charge in [0, 0.05) is 28.9 Å². The summed E-state index contributed by atoms with van der Waals surface area (Å²) in [6.45, 7) is 7.45. The summed E-state index contributed by atoms with van der Waals surface area (Å²) in [5, 5.41) is 16.7. The van der Waals surface area contributed by atoms with Gasteiger partial charge in [0.25, 0.3) is 0 Å². The number of aliphatic hydroxyl groups is 1. The van der Waals surface area contributed by atoms with Gasteiger partial charge in [-0.15, -0.1) is 0 Å². The van der Waals surface area contributed by atoms with E-state index in [0.717, 1.165) is 59.2 Å². The molecule has 3 aromatic rings. The summed E-state index contributed by atoms with van der Waals surface area (Å²) in [7, 11) is 1.66. The lowest BCUT2D eigenvalue weighted by molar-refractivity contribution is 0.121. The molecule has 0 fully saturated rings. The summed E-state index contributed by atoms with van der Waals surface area (Å²) in [6, 6.07) is 11.5. The molecule has 5 nitrogen and oxygen atoms in total.